The molecule has 0 saturated heterocycles. The first-order valence-corrected chi connectivity index (χ1v) is 16.2. The quantitative estimate of drug-likeness (QED) is 0.203. The fraction of sp³-hybridized carbons (Fsp3) is 0. The van der Waals surface area contributed by atoms with E-state index in [0.717, 1.165) is 27.8 Å². The first-order valence-electron chi connectivity index (χ1n) is 14.5. The summed E-state index contributed by atoms with van der Waals surface area (Å²) in [6.45, 7) is 0. The molecule has 3 heterocycles. The zero-order valence-corrected chi connectivity index (χ0v) is 25.1. The summed E-state index contributed by atoms with van der Waals surface area (Å²) < 4.78 is 4.93. The van der Waals surface area contributed by atoms with Crippen molar-refractivity contribution < 1.29 is 0 Å². The molecule has 3 aromatic heterocycles. The van der Waals surface area contributed by atoms with Crippen LogP contribution >= 0.6 is 22.7 Å². The summed E-state index contributed by atoms with van der Waals surface area (Å²) in [4.78, 5) is 15.7. The smallest absolute Gasteiger partial charge is 0.165 e. The van der Waals surface area contributed by atoms with E-state index < -0.39 is 0 Å². The van der Waals surface area contributed by atoms with Crippen molar-refractivity contribution in [1.29, 1.82) is 0 Å². The second kappa shape index (κ2) is 10.2. The molecule has 5 heteroatoms. The van der Waals surface area contributed by atoms with Crippen molar-refractivity contribution in [2.45, 2.75) is 0 Å². The van der Waals surface area contributed by atoms with E-state index in [9.17, 15) is 0 Å². The molecule has 0 aliphatic heterocycles. The predicted molar refractivity (Wildman–Crippen MR) is 187 cm³/mol. The molecule has 0 N–H and O–H groups in total. The average molecular weight is 598 g/mol. The Bertz CT molecular complexity index is 2510. The third-order valence-corrected chi connectivity index (χ3v) is 10.5. The second-order valence-corrected chi connectivity index (χ2v) is 12.9. The van der Waals surface area contributed by atoms with E-state index in [2.05, 4.69) is 133 Å². The van der Waals surface area contributed by atoms with Gasteiger partial charge in [-0.25, -0.2) is 15.0 Å². The van der Waals surface area contributed by atoms with Crippen LogP contribution in [0.4, 0.5) is 0 Å². The third kappa shape index (κ3) is 4.05. The summed E-state index contributed by atoms with van der Waals surface area (Å²) in [5, 5.41) is 4.89. The average Bonchev–Trinajstić information content (AvgIpc) is 3.67. The highest BCUT2D eigenvalue weighted by atomic mass is 32.1. The highest BCUT2D eigenvalue weighted by Gasteiger charge is 2.20. The molecule has 0 fully saturated rings. The zero-order valence-electron chi connectivity index (χ0n) is 23.4. The fourth-order valence-electron chi connectivity index (χ4n) is 6.17. The molecule has 0 atom stereocenters. The molecule has 0 radical (unpaired) electrons. The van der Waals surface area contributed by atoms with E-state index >= 15 is 0 Å². The van der Waals surface area contributed by atoms with Crippen molar-refractivity contribution in [1.82, 2.24) is 15.0 Å². The van der Waals surface area contributed by atoms with Crippen molar-refractivity contribution in [3.63, 3.8) is 0 Å². The van der Waals surface area contributed by atoms with Crippen molar-refractivity contribution in [2.75, 3.05) is 0 Å². The Morgan fingerprint density at radius 1 is 0.341 bits per heavy atom. The molecule has 44 heavy (non-hydrogen) atoms. The number of rotatable bonds is 4. The van der Waals surface area contributed by atoms with Gasteiger partial charge in [0.15, 0.2) is 17.5 Å². The summed E-state index contributed by atoms with van der Waals surface area (Å²) in [5.41, 5.74) is 5.24. The number of hydrogen-bond donors (Lipinski definition) is 0. The number of thiophene rings is 2. The van der Waals surface area contributed by atoms with Gasteiger partial charge in [0.05, 0.1) is 0 Å². The minimum atomic E-state index is 0.666. The Balaban J connectivity index is 1.36. The monoisotopic (exact) mass is 597 g/mol. The van der Waals surface area contributed by atoms with Gasteiger partial charge in [0, 0.05) is 57.0 Å². The molecule has 0 spiro atoms. The maximum Gasteiger partial charge on any atom is 0.165 e. The van der Waals surface area contributed by atoms with Crippen molar-refractivity contribution >= 4 is 63.0 Å². The van der Waals surface area contributed by atoms with Gasteiger partial charge in [-0.2, -0.15) is 0 Å². The summed E-state index contributed by atoms with van der Waals surface area (Å²) in [6.07, 6.45) is 0. The molecule has 3 nitrogen and oxygen atoms in total. The molecule has 0 unspecified atom stereocenters. The molecule has 206 valence electrons. The Kier molecular flexibility index (Phi) is 5.86. The van der Waals surface area contributed by atoms with Crippen molar-refractivity contribution in [3.05, 3.63) is 140 Å². The fourth-order valence-corrected chi connectivity index (χ4v) is 8.51. The van der Waals surface area contributed by atoms with Gasteiger partial charge in [0.1, 0.15) is 0 Å². The summed E-state index contributed by atoms with van der Waals surface area (Å²) in [7, 11) is 0. The van der Waals surface area contributed by atoms with Gasteiger partial charge in [-0.15, -0.1) is 22.7 Å². The van der Waals surface area contributed by atoms with E-state index in [1.54, 1.807) is 22.7 Å². The molecular formula is C39H23N3S2. The lowest BCUT2D eigenvalue weighted by Crippen LogP contribution is -2.01. The Labute approximate surface area is 261 Å². The van der Waals surface area contributed by atoms with Crippen LogP contribution in [0.3, 0.4) is 0 Å². The minimum absolute atomic E-state index is 0.666. The van der Waals surface area contributed by atoms with Crippen LogP contribution in [0.2, 0.25) is 0 Å². The Hall–Kier alpha value is -5.23. The summed E-state index contributed by atoms with van der Waals surface area (Å²) in [6, 6.07) is 48.9. The van der Waals surface area contributed by atoms with Gasteiger partial charge in [-0.3, -0.25) is 0 Å². The second-order valence-electron chi connectivity index (χ2n) is 10.8. The van der Waals surface area contributed by atoms with E-state index in [0.29, 0.717) is 17.5 Å². The van der Waals surface area contributed by atoms with Crippen LogP contribution in [-0.2, 0) is 0 Å². The largest absolute Gasteiger partial charge is 0.208 e. The van der Waals surface area contributed by atoms with Gasteiger partial charge < -0.3 is 0 Å². The topological polar surface area (TPSA) is 38.7 Å². The third-order valence-electron chi connectivity index (χ3n) is 8.18. The molecule has 0 aliphatic carbocycles. The summed E-state index contributed by atoms with van der Waals surface area (Å²) in [5.74, 6) is 2.03. The number of hydrogen-bond acceptors (Lipinski definition) is 5. The maximum atomic E-state index is 5.25. The number of aromatic nitrogens is 3. The molecule has 0 amide bonds. The minimum Gasteiger partial charge on any atom is -0.208 e. The number of benzene rings is 6. The molecule has 0 bridgehead atoms. The Morgan fingerprint density at radius 2 is 0.864 bits per heavy atom. The molecule has 9 rings (SSSR count). The SMILES string of the molecule is c1ccc(-c2ccccc2-c2nc(-c3cccc4c3sc3ccccc34)nc(-c3cccc4sc5ccccc5c34)n2)cc1. The van der Waals surface area contributed by atoms with Crippen LogP contribution < -0.4 is 0 Å². The van der Waals surface area contributed by atoms with Crippen molar-refractivity contribution in [3.8, 4) is 45.3 Å². The van der Waals surface area contributed by atoms with E-state index in [1.165, 1.54) is 40.3 Å². The van der Waals surface area contributed by atoms with Gasteiger partial charge in [-0.1, -0.05) is 115 Å². The standard InChI is InChI=1S/C39H23N3S2/c1-2-12-24(13-3-1)25-14-4-5-16-28(25)37-40-38(30-19-11-23-34-35(30)29-17-7-9-22-33(29)43-34)42-39(41-37)31-20-10-18-27-26-15-6-8-21-32(26)44-36(27)31/h1-23H. The lowest BCUT2D eigenvalue weighted by molar-refractivity contribution is 1.08. The van der Waals surface area contributed by atoms with E-state index in [-0.39, 0.29) is 0 Å². The first kappa shape index (κ1) is 25.3. The number of nitrogens with zero attached hydrogens (tertiary/aromatic N) is 3. The normalized spacial score (nSPS) is 11.6. The Morgan fingerprint density at radius 3 is 1.68 bits per heavy atom. The zero-order chi connectivity index (χ0) is 29.0. The molecular weight excluding hydrogens is 575 g/mol. The summed E-state index contributed by atoms with van der Waals surface area (Å²) >= 11 is 3.60. The predicted octanol–water partition coefficient (Wildman–Crippen LogP) is 11.3. The first-order chi connectivity index (χ1) is 21.8. The molecule has 0 aliphatic rings. The van der Waals surface area contributed by atoms with E-state index in [4.69, 9.17) is 15.0 Å². The molecule has 6 aromatic carbocycles. The van der Waals surface area contributed by atoms with Crippen LogP contribution in [0.5, 0.6) is 0 Å². The van der Waals surface area contributed by atoms with Gasteiger partial charge in [0.2, 0.25) is 0 Å². The lowest BCUT2D eigenvalue weighted by atomic mass is 9.99. The van der Waals surface area contributed by atoms with Gasteiger partial charge in [-0.05, 0) is 35.4 Å². The van der Waals surface area contributed by atoms with Crippen LogP contribution in [0, 0.1) is 0 Å². The van der Waals surface area contributed by atoms with Crippen LogP contribution in [0.1, 0.15) is 0 Å². The maximum absolute atomic E-state index is 5.25. The van der Waals surface area contributed by atoms with Crippen LogP contribution in [0.15, 0.2) is 140 Å². The van der Waals surface area contributed by atoms with Crippen LogP contribution in [-0.4, -0.2) is 15.0 Å². The highest BCUT2D eigenvalue weighted by Crippen LogP contribution is 2.42. The van der Waals surface area contributed by atoms with Crippen molar-refractivity contribution in [2.24, 2.45) is 0 Å². The van der Waals surface area contributed by atoms with Gasteiger partial charge in [0.25, 0.3) is 0 Å². The van der Waals surface area contributed by atoms with Gasteiger partial charge >= 0.3 is 0 Å². The molecule has 0 saturated carbocycles. The highest BCUT2D eigenvalue weighted by molar-refractivity contribution is 7.26. The number of fused-ring (bicyclic) bond motifs is 6. The van der Waals surface area contributed by atoms with Crippen LogP contribution in [0.25, 0.3) is 85.6 Å². The molecule has 9 aromatic rings. The van der Waals surface area contributed by atoms with E-state index in [1.807, 2.05) is 6.07 Å². The lowest BCUT2D eigenvalue weighted by Gasteiger charge is -2.13.